The number of carbonyl (C=O) groups is 1. The minimum Gasteiger partial charge on any atom is -0.493 e. The lowest BCUT2D eigenvalue weighted by molar-refractivity contribution is 0.0661. The highest BCUT2D eigenvalue weighted by Crippen LogP contribution is 2.41. The van der Waals surface area contributed by atoms with Gasteiger partial charge < -0.3 is 28.4 Å². The van der Waals surface area contributed by atoms with Crippen LogP contribution in [0.2, 0.25) is 0 Å². The molecule has 0 aliphatic carbocycles. The second-order valence-electron chi connectivity index (χ2n) is 9.23. The Morgan fingerprint density at radius 3 is 2.27 bits per heavy atom. The number of amides is 1. The van der Waals surface area contributed by atoms with Crippen LogP contribution in [0, 0.1) is 0 Å². The molecule has 3 aromatic carbocycles. The van der Waals surface area contributed by atoms with Crippen LogP contribution in [0.4, 0.5) is 0 Å². The molecule has 5 rings (SSSR count). The molecule has 0 fully saturated rings. The Labute approximate surface area is 217 Å². The van der Waals surface area contributed by atoms with Crippen LogP contribution in [0.25, 0.3) is 10.9 Å². The Morgan fingerprint density at radius 2 is 1.54 bits per heavy atom. The van der Waals surface area contributed by atoms with E-state index < -0.39 is 0 Å². The van der Waals surface area contributed by atoms with Crippen LogP contribution >= 0.6 is 0 Å². The lowest BCUT2D eigenvalue weighted by Gasteiger charge is -2.38. The first-order valence-corrected chi connectivity index (χ1v) is 12.3. The van der Waals surface area contributed by atoms with Gasteiger partial charge in [0.1, 0.15) is 0 Å². The fourth-order valence-corrected chi connectivity index (χ4v) is 5.39. The maximum atomic E-state index is 14.2. The van der Waals surface area contributed by atoms with E-state index in [0.717, 1.165) is 34.0 Å². The second kappa shape index (κ2) is 10.1. The molecule has 0 N–H and O–H groups in total. The summed E-state index contributed by atoms with van der Waals surface area (Å²) in [5, 5.41) is 0.956. The van der Waals surface area contributed by atoms with E-state index in [-0.39, 0.29) is 11.9 Å². The summed E-state index contributed by atoms with van der Waals surface area (Å²) in [6.07, 6.45) is 3.28. The average molecular weight is 501 g/mol. The monoisotopic (exact) mass is 500 g/mol. The van der Waals surface area contributed by atoms with E-state index in [9.17, 15) is 4.79 Å². The van der Waals surface area contributed by atoms with Crippen LogP contribution in [0.3, 0.4) is 0 Å². The number of aryl methyl sites for hydroxylation is 1. The summed E-state index contributed by atoms with van der Waals surface area (Å²) >= 11 is 0. The number of carbonyl (C=O) groups excluding carboxylic acids is 1. The number of rotatable bonds is 7. The zero-order valence-electron chi connectivity index (χ0n) is 21.9. The summed E-state index contributed by atoms with van der Waals surface area (Å²) < 4.78 is 24.2. The molecule has 2 heterocycles. The largest absolute Gasteiger partial charge is 0.493 e. The highest BCUT2D eigenvalue weighted by molar-refractivity contribution is 6.07. The number of hydrogen-bond acceptors (Lipinski definition) is 5. The predicted molar refractivity (Wildman–Crippen MR) is 143 cm³/mol. The smallest absolute Gasteiger partial charge is 0.256 e. The van der Waals surface area contributed by atoms with E-state index in [1.807, 2.05) is 77.3 Å². The molecule has 7 nitrogen and oxygen atoms in total. The highest BCUT2D eigenvalue weighted by atomic mass is 16.5. The number of ether oxygens (including phenoxy) is 4. The van der Waals surface area contributed by atoms with Gasteiger partial charge in [-0.2, -0.15) is 0 Å². The number of methoxy groups -OCH3 is 4. The van der Waals surface area contributed by atoms with Gasteiger partial charge in [0, 0.05) is 30.7 Å². The number of fused-ring (bicyclic) bond motifs is 2. The van der Waals surface area contributed by atoms with Gasteiger partial charge in [0.05, 0.1) is 40.0 Å². The lowest BCUT2D eigenvalue weighted by atomic mass is 9.87. The summed E-state index contributed by atoms with van der Waals surface area (Å²) in [6, 6.07) is 17.8. The Balaban J connectivity index is 1.61. The standard InChI is InChI=1S/C30H32N2O5/c1-31-18-23(21-8-6-7-9-24(21)31)30(33)32-13-12-20-16-28(36-4)29(37-5)17-22(20)25(32)14-19-10-11-26(34-2)27(15-19)35-3/h6-11,15-18,25H,12-14H2,1-5H3/t25-/m0/s1. The number of nitrogens with zero attached hydrogens (tertiary/aromatic N) is 2. The van der Waals surface area contributed by atoms with Gasteiger partial charge in [-0.05, 0) is 59.9 Å². The number of hydrogen-bond donors (Lipinski definition) is 0. The van der Waals surface area contributed by atoms with Crippen LogP contribution in [0.5, 0.6) is 23.0 Å². The third-order valence-corrected chi connectivity index (χ3v) is 7.27. The maximum absolute atomic E-state index is 14.2. The van der Waals surface area contributed by atoms with E-state index in [1.54, 1.807) is 28.4 Å². The SMILES string of the molecule is COc1ccc(C[C@H]2c3cc(OC)c(OC)cc3CCN2C(=O)c2cn(C)c3ccccc23)cc1OC. The minimum absolute atomic E-state index is 0.0164. The first-order chi connectivity index (χ1) is 18.0. The van der Waals surface area contributed by atoms with E-state index in [1.165, 1.54) is 0 Å². The van der Waals surface area contributed by atoms with Crippen molar-refractivity contribution in [3.63, 3.8) is 0 Å². The van der Waals surface area contributed by atoms with Gasteiger partial charge in [-0.3, -0.25) is 4.79 Å². The summed E-state index contributed by atoms with van der Waals surface area (Å²) in [5.74, 6) is 2.70. The summed E-state index contributed by atoms with van der Waals surface area (Å²) in [6.45, 7) is 0.600. The van der Waals surface area contributed by atoms with Crippen molar-refractivity contribution in [2.75, 3.05) is 35.0 Å². The van der Waals surface area contributed by atoms with E-state index in [0.29, 0.717) is 41.5 Å². The Hall–Kier alpha value is -4.13. The molecule has 0 unspecified atom stereocenters. The fourth-order valence-electron chi connectivity index (χ4n) is 5.39. The summed E-state index contributed by atoms with van der Waals surface area (Å²) in [4.78, 5) is 16.1. The van der Waals surface area contributed by atoms with Crippen molar-refractivity contribution in [2.45, 2.75) is 18.9 Å². The van der Waals surface area contributed by atoms with Crippen LogP contribution in [-0.4, -0.2) is 50.4 Å². The van der Waals surface area contributed by atoms with Crippen LogP contribution in [-0.2, 0) is 19.9 Å². The molecule has 0 radical (unpaired) electrons. The minimum atomic E-state index is -0.201. The van der Waals surface area contributed by atoms with Gasteiger partial charge in [-0.15, -0.1) is 0 Å². The Morgan fingerprint density at radius 1 is 0.865 bits per heavy atom. The topological polar surface area (TPSA) is 62.2 Å². The molecule has 1 aliphatic heterocycles. The van der Waals surface area contributed by atoms with E-state index >= 15 is 0 Å². The van der Waals surface area contributed by atoms with Crippen molar-refractivity contribution in [3.05, 3.63) is 83.0 Å². The zero-order valence-corrected chi connectivity index (χ0v) is 21.9. The lowest BCUT2D eigenvalue weighted by Crippen LogP contribution is -2.41. The molecule has 37 heavy (non-hydrogen) atoms. The molecular weight excluding hydrogens is 468 g/mol. The average Bonchev–Trinajstić information content (AvgIpc) is 3.28. The van der Waals surface area contributed by atoms with Crippen molar-refractivity contribution in [2.24, 2.45) is 7.05 Å². The quantitative estimate of drug-likeness (QED) is 0.349. The highest BCUT2D eigenvalue weighted by Gasteiger charge is 2.34. The third-order valence-electron chi connectivity index (χ3n) is 7.27. The molecular formula is C30H32N2O5. The molecule has 192 valence electrons. The van der Waals surface area contributed by atoms with Gasteiger partial charge in [0.15, 0.2) is 23.0 Å². The third kappa shape index (κ3) is 4.35. The molecule has 4 aromatic rings. The molecule has 1 atom stereocenters. The van der Waals surface area contributed by atoms with E-state index in [2.05, 4.69) is 0 Å². The van der Waals surface area contributed by atoms with Gasteiger partial charge in [0.25, 0.3) is 5.91 Å². The van der Waals surface area contributed by atoms with Crippen molar-refractivity contribution < 1.29 is 23.7 Å². The van der Waals surface area contributed by atoms with Gasteiger partial charge >= 0.3 is 0 Å². The number of benzene rings is 3. The zero-order chi connectivity index (χ0) is 26.1. The number of para-hydroxylation sites is 1. The first-order valence-electron chi connectivity index (χ1n) is 12.3. The predicted octanol–water partition coefficient (Wildman–Crippen LogP) is 5.20. The molecule has 0 saturated heterocycles. The molecule has 0 saturated carbocycles. The Bertz CT molecular complexity index is 1460. The Kier molecular flexibility index (Phi) is 6.70. The van der Waals surface area contributed by atoms with Crippen LogP contribution in [0.1, 0.15) is 33.1 Å². The van der Waals surface area contributed by atoms with Crippen molar-refractivity contribution in [3.8, 4) is 23.0 Å². The first kappa shape index (κ1) is 24.6. The van der Waals surface area contributed by atoms with Crippen LogP contribution < -0.4 is 18.9 Å². The summed E-state index contributed by atoms with van der Waals surface area (Å²) in [5.41, 5.74) is 5.00. The van der Waals surface area contributed by atoms with Gasteiger partial charge in [0.2, 0.25) is 0 Å². The van der Waals surface area contributed by atoms with E-state index in [4.69, 9.17) is 18.9 Å². The summed E-state index contributed by atoms with van der Waals surface area (Å²) in [7, 11) is 8.51. The normalized spacial score (nSPS) is 14.8. The van der Waals surface area contributed by atoms with Crippen molar-refractivity contribution in [1.82, 2.24) is 9.47 Å². The second-order valence-corrected chi connectivity index (χ2v) is 9.23. The van der Waals surface area contributed by atoms with Gasteiger partial charge in [-0.25, -0.2) is 0 Å². The maximum Gasteiger partial charge on any atom is 0.256 e. The molecule has 1 aromatic heterocycles. The molecule has 0 bridgehead atoms. The van der Waals surface area contributed by atoms with Crippen molar-refractivity contribution >= 4 is 16.8 Å². The molecule has 1 amide bonds. The van der Waals surface area contributed by atoms with Crippen molar-refractivity contribution in [1.29, 1.82) is 0 Å². The fraction of sp³-hybridized carbons (Fsp3) is 0.300. The van der Waals surface area contributed by atoms with Gasteiger partial charge in [-0.1, -0.05) is 24.3 Å². The molecule has 7 heteroatoms. The number of aromatic nitrogens is 1. The van der Waals surface area contributed by atoms with Crippen LogP contribution in [0.15, 0.2) is 60.8 Å². The molecule has 1 aliphatic rings. The molecule has 0 spiro atoms.